The first kappa shape index (κ1) is 15.9. The van der Waals surface area contributed by atoms with Crippen LogP contribution in [0.25, 0.3) is 0 Å². The molecule has 1 aromatic carbocycles. The van der Waals surface area contributed by atoms with Crippen molar-refractivity contribution in [3.63, 3.8) is 0 Å². The van der Waals surface area contributed by atoms with Crippen LogP contribution in [0.15, 0.2) is 54.3 Å². The minimum atomic E-state index is -0.457. The van der Waals surface area contributed by atoms with Gasteiger partial charge in [0.25, 0.3) is 5.91 Å². The maximum Gasteiger partial charge on any atom is 0.260 e. The number of Topliss-reactive ketones (excluding diaryl/α,β-unsaturated/α-hetero) is 1. The van der Waals surface area contributed by atoms with Crippen molar-refractivity contribution in [1.82, 2.24) is 5.32 Å². The Labute approximate surface area is 139 Å². The average Bonchev–Trinajstić information content (AvgIpc) is 2.62. The third-order valence-electron chi connectivity index (χ3n) is 4.01. The Kier molecular flexibility index (Phi) is 4.37. The van der Waals surface area contributed by atoms with E-state index in [1.54, 1.807) is 24.3 Å². The number of amides is 1. The van der Waals surface area contributed by atoms with Crippen LogP contribution in [0.1, 0.15) is 0 Å². The summed E-state index contributed by atoms with van der Waals surface area (Å²) in [7, 11) is 3.06. The maximum absolute atomic E-state index is 12.5. The molecule has 0 saturated carbocycles. The molecule has 0 fully saturated rings. The van der Waals surface area contributed by atoms with Gasteiger partial charge < -0.3 is 20.1 Å². The predicted molar refractivity (Wildman–Crippen MR) is 90.0 cm³/mol. The molecule has 24 heavy (non-hydrogen) atoms. The zero-order valence-electron chi connectivity index (χ0n) is 13.4. The molecule has 0 radical (unpaired) electrons. The molecule has 1 aromatic rings. The van der Waals surface area contributed by atoms with E-state index in [4.69, 9.17) is 9.47 Å². The molecule has 2 aliphatic rings. The number of allylic oxidation sites excluding steroid dienone is 2. The molecule has 1 amide bonds. The molecule has 0 aromatic heterocycles. The Bertz CT molecular complexity index is 764. The van der Waals surface area contributed by atoms with Crippen molar-refractivity contribution in [1.29, 1.82) is 0 Å². The van der Waals surface area contributed by atoms with Gasteiger partial charge in [-0.3, -0.25) is 9.59 Å². The monoisotopic (exact) mass is 326 g/mol. The lowest BCUT2D eigenvalue weighted by Crippen LogP contribution is -2.43. The van der Waals surface area contributed by atoms with Crippen molar-refractivity contribution in [2.45, 2.75) is 6.04 Å². The van der Waals surface area contributed by atoms with Gasteiger partial charge in [-0.25, -0.2) is 0 Å². The summed E-state index contributed by atoms with van der Waals surface area (Å²) < 4.78 is 10.4. The molecule has 6 nitrogen and oxygen atoms in total. The highest BCUT2D eigenvalue weighted by molar-refractivity contribution is 6.25. The Morgan fingerprint density at radius 1 is 1.12 bits per heavy atom. The fourth-order valence-corrected chi connectivity index (χ4v) is 2.74. The second-order valence-electron chi connectivity index (χ2n) is 5.43. The number of ketones is 1. The first-order chi connectivity index (χ1) is 11.6. The number of benzene rings is 1. The van der Waals surface area contributed by atoms with Crippen LogP contribution in [-0.2, 0) is 9.59 Å². The van der Waals surface area contributed by atoms with E-state index in [1.165, 1.54) is 20.4 Å². The highest BCUT2D eigenvalue weighted by Gasteiger charge is 2.34. The van der Waals surface area contributed by atoms with Gasteiger partial charge in [-0.05, 0) is 12.1 Å². The molecule has 2 unspecified atom stereocenters. The fourth-order valence-electron chi connectivity index (χ4n) is 2.74. The number of methoxy groups -OCH3 is 2. The van der Waals surface area contributed by atoms with Crippen molar-refractivity contribution < 1.29 is 19.1 Å². The van der Waals surface area contributed by atoms with Gasteiger partial charge >= 0.3 is 0 Å². The van der Waals surface area contributed by atoms with Crippen LogP contribution in [0.5, 0.6) is 11.5 Å². The van der Waals surface area contributed by atoms with Crippen molar-refractivity contribution in [3.05, 3.63) is 54.3 Å². The first-order valence-corrected chi connectivity index (χ1v) is 7.53. The van der Waals surface area contributed by atoms with Crippen LogP contribution in [0.4, 0.5) is 5.69 Å². The molecule has 1 heterocycles. The van der Waals surface area contributed by atoms with E-state index in [0.29, 0.717) is 17.2 Å². The van der Waals surface area contributed by atoms with Gasteiger partial charge in [-0.15, -0.1) is 0 Å². The molecule has 2 atom stereocenters. The number of anilines is 1. The molecule has 2 N–H and O–H groups in total. The van der Waals surface area contributed by atoms with E-state index in [-0.39, 0.29) is 23.3 Å². The van der Waals surface area contributed by atoms with Crippen LogP contribution in [-0.4, -0.2) is 32.0 Å². The summed E-state index contributed by atoms with van der Waals surface area (Å²) >= 11 is 0. The SMILES string of the molecule is COc1ccc(NC(=O)C2=CNC3C=CC=CC3C2=O)cc1OC. The quantitative estimate of drug-likeness (QED) is 0.825. The summed E-state index contributed by atoms with van der Waals surface area (Å²) in [4.78, 5) is 25.0. The van der Waals surface area contributed by atoms with E-state index in [1.807, 2.05) is 18.2 Å². The smallest absolute Gasteiger partial charge is 0.260 e. The Morgan fingerprint density at radius 3 is 2.62 bits per heavy atom. The third kappa shape index (κ3) is 2.90. The van der Waals surface area contributed by atoms with Gasteiger partial charge in [0.1, 0.15) is 0 Å². The molecule has 6 heteroatoms. The summed E-state index contributed by atoms with van der Waals surface area (Å²) in [6.45, 7) is 0. The largest absolute Gasteiger partial charge is 0.493 e. The number of ether oxygens (including phenoxy) is 2. The van der Waals surface area contributed by atoms with Gasteiger partial charge in [-0.2, -0.15) is 0 Å². The minimum absolute atomic E-state index is 0.0971. The Hall–Kier alpha value is -3.02. The Balaban J connectivity index is 1.78. The molecule has 0 saturated heterocycles. The van der Waals surface area contributed by atoms with E-state index in [9.17, 15) is 9.59 Å². The van der Waals surface area contributed by atoms with Gasteiger partial charge in [0.2, 0.25) is 0 Å². The lowest BCUT2D eigenvalue weighted by atomic mass is 9.85. The summed E-state index contributed by atoms with van der Waals surface area (Å²) in [6.07, 6.45) is 8.88. The molecular formula is C18H18N2O4. The maximum atomic E-state index is 12.5. The van der Waals surface area contributed by atoms with Crippen molar-refractivity contribution in [2.75, 3.05) is 19.5 Å². The summed E-state index contributed by atoms with van der Waals surface area (Å²) in [5.41, 5.74) is 0.624. The van der Waals surface area contributed by atoms with Crippen LogP contribution in [0, 0.1) is 5.92 Å². The number of carbonyl (C=O) groups excluding carboxylic acids is 2. The van der Waals surface area contributed by atoms with Crippen LogP contribution < -0.4 is 20.1 Å². The molecule has 0 bridgehead atoms. The van der Waals surface area contributed by atoms with Gasteiger partial charge in [0.15, 0.2) is 17.3 Å². The standard InChI is InChI=1S/C18H18N2O4/c1-23-15-8-7-11(9-16(15)24-2)20-18(22)13-10-19-14-6-4-3-5-12(14)17(13)21/h3-10,12,14,19H,1-2H3,(H,20,22). The van der Waals surface area contributed by atoms with Crippen LogP contribution in [0.2, 0.25) is 0 Å². The van der Waals surface area contributed by atoms with Crippen LogP contribution in [0.3, 0.4) is 0 Å². The van der Waals surface area contributed by atoms with E-state index in [0.717, 1.165) is 0 Å². The second kappa shape index (κ2) is 6.62. The molecule has 1 aliphatic carbocycles. The summed E-state index contributed by atoms with van der Waals surface area (Å²) in [6, 6.07) is 4.92. The van der Waals surface area contributed by atoms with Crippen molar-refractivity contribution >= 4 is 17.4 Å². The van der Waals surface area contributed by atoms with E-state index < -0.39 is 5.91 Å². The predicted octanol–water partition coefficient (Wildman–Crippen LogP) is 1.81. The summed E-state index contributed by atoms with van der Waals surface area (Å²) in [5.74, 6) is 0.0505. The van der Waals surface area contributed by atoms with Gasteiger partial charge in [-0.1, -0.05) is 24.3 Å². The topological polar surface area (TPSA) is 76.7 Å². The average molecular weight is 326 g/mol. The van der Waals surface area contributed by atoms with Gasteiger partial charge in [0.05, 0.1) is 31.8 Å². The normalized spacial score (nSPS) is 21.4. The van der Waals surface area contributed by atoms with Crippen molar-refractivity contribution in [2.24, 2.45) is 5.92 Å². The molecule has 3 rings (SSSR count). The minimum Gasteiger partial charge on any atom is -0.493 e. The number of fused-ring (bicyclic) bond motifs is 1. The number of hydrogen-bond acceptors (Lipinski definition) is 5. The lowest BCUT2D eigenvalue weighted by molar-refractivity contribution is -0.122. The fraction of sp³-hybridized carbons (Fsp3) is 0.222. The second-order valence-corrected chi connectivity index (χ2v) is 5.43. The molecular weight excluding hydrogens is 308 g/mol. The van der Waals surface area contributed by atoms with Crippen LogP contribution >= 0.6 is 0 Å². The molecule has 1 aliphatic heterocycles. The zero-order chi connectivity index (χ0) is 17.1. The highest BCUT2D eigenvalue weighted by atomic mass is 16.5. The van der Waals surface area contributed by atoms with E-state index in [2.05, 4.69) is 10.6 Å². The summed E-state index contributed by atoms with van der Waals surface area (Å²) in [5, 5.41) is 5.80. The molecule has 124 valence electrons. The zero-order valence-corrected chi connectivity index (χ0v) is 13.4. The first-order valence-electron chi connectivity index (χ1n) is 7.53. The number of carbonyl (C=O) groups is 2. The third-order valence-corrected chi connectivity index (χ3v) is 4.01. The van der Waals surface area contributed by atoms with Gasteiger partial charge in [0, 0.05) is 18.0 Å². The number of rotatable bonds is 4. The molecule has 0 spiro atoms. The highest BCUT2D eigenvalue weighted by Crippen LogP contribution is 2.30. The number of nitrogens with one attached hydrogen (secondary N) is 2. The number of hydrogen-bond donors (Lipinski definition) is 2. The van der Waals surface area contributed by atoms with Crippen molar-refractivity contribution in [3.8, 4) is 11.5 Å². The Morgan fingerprint density at radius 2 is 1.88 bits per heavy atom. The van der Waals surface area contributed by atoms with E-state index >= 15 is 0 Å². The lowest BCUT2D eigenvalue weighted by Gasteiger charge is -2.28.